The second-order valence-corrected chi connectivity index (χ2v) is 9.55. The van der Waals surface area contributed by atoms with Gasteiger partial charge in [-0.3, -0.25) is 9.59 Å². The molecule has 158 valence electrons. The third-order valence-corrected chi connectivity index (χ3v) is 6.89. The zero-order valence-corrected chi connectivity index (χ0v) is 18.6. The predicted octanol–water partition coefficient (Wildman–Crippen LogP) is 4.19. The van der Waals surface area contributed by atoms with Crippen LogP contribution in [0.5, 0.6) is 0 Å². The number of halogens is 1. The lowest BCUT2D eigenvalue weighted by Gasteiger charge is -2.29. The number of likely N-dealkylation sites (tertiary alicyclic amines) is 1. The number of hydrogen-bond acceptors (Lipinski definition) is 4. The van der Waals surface area contributed by atoms with Gasteiger partial charge in [0, 0.05) is 49.8 Å². The van der Waals surface area contributed by atoms with Crippen molar-refractivity contribution >= 4 is 46.6 Å². The minimum Gasteiger partial charge on any atom is -0.369 e. The molecule has 0 bridgehead atoms. The third kappa shape index (κ3) is 4.93. The van der Waals surface area contributed by atoms with Gasteiger partial charge in [0.25, 0.3) is 0 Å². The van der Waals surface area contributed by atoms with Crippen molar-refractivity contribution in [1.82, 2.24) is 4.90 Å². The highest BCUT2D eigenvalue weighted by molar-refractivity contribution is 7.99. The maximum absolute atomic E-state index is 12.8. The van der Waals surface area contributed by atoms with Crippen molar-refractivity contribution in [3.05, 3.63) is 58.6 Å². The molecule has 2 aliphatic rings. The normalized spacial score (nSPS) is 19.3. The third-order valence-electron chi connectivity index (χ3n) is 5.65. The molecule has 2 heterocycles. The molecule has 2 aromatic rings. The van der Waals surface area contributed by atoms with Gasteiger partial charge in [0.2, 0.25) is 11.8 Å². The van der Waals surface area contributed by atoms with Crippen molar-refractivity contribution in [1.29, 1.82) is 0 Å². The number of carbonyl (C=O) groups excluding carboxylic acids is 2. The summed E-state index contributed by atoms with van der Waals surface area (Å²) >= 11 is 8.44. The van der Waals surface area contributed by atoms with Gasteiger partial charge in [-0.25, -0.2) is 0 Å². The van der Waals surface area contributed by atoms with E-state index in [1.807, 2.05) is 55.1 Å². The highest BCUT2D eigenvalue weighted by Gasteiger charge is 2.34. The fourth-order valence-corrected chi connectivity index (χ4v) is 5.11. The molecule has 0 spiro atoms. The zero-order chi connectivity index (χ0) is 21.1. The lowest BCUT2D eigenvalue weighted by molar-refractivity contribution is -0.128. The summed E-state index contributed by atoms with van der Waals surface area (Å²) in [5.74, 6) is 1.74. The summed E-state index contributed by atoms with van der Waals surface area (Å²) in [6.45, 7) is 4.98. The molecule has 1 unspecified atom stereocenters. The summed E-state index contributed by atoms with van der Waals surface area (Å²) in [7, 11) is 0. The van der Waals surface area contributed by atoms with Crippen LogP contribution in [0.15, 0.2) is 42.5 Å². The lowest BCUT2D eigenvalue weighted by atomic mass is 10.1. The first-order chi connectivity index (χ1) is 14.5. The fourth-order valence-electron chi connectivity index (χ4n) is 3.90. The highest BCUT2D eigenvalue weighted by atomic mass is 35.5. The number of nitrogens with one attached hydrogen (secondary N) is 1. The van der Waals surface area contributed by atoms with Gasteiger partial charge in [-0.15, -0.1) is 0 Å². The molecule has 0 aliphatic carbocycles. The van der Waals surface area contributed by atoms with Gasteiger partial charge in [-0.1, -0.05) is 41.4 Å². The SMILES string of the molecule is Cc1ccc(CN2CC(C(=O)Nc3ccc(N4CCSCC4)c(Cl)c3)CC2=O)cc1. The van der Waals surface area contributed by atoms with Gasteiger partial charge < -0.3 is 15.1 Å². The van der Waals surface area contributed by atoms with Crippen molar-refractivity contribution in [3.8, 4) is 0 Å². The molecule has 0 aromatic heterocycles. The van der Waals surface area contributed by atoms with Gasteiger partial charge in [-0.2, -0.15) is 11.8 Å². The Morgan fingerprint density at radius 2 is 1.90 bits per heavy atom. The van der Waals surface area contributed by atoms with E-state index in [-0.39, 0.29) is 24.2 Å². The van der Waals surface area contributed by atoms with Crippen molar-refractivity contribution in [2.45, 2.75) is 19.9 Å². The maximum atomic E-state index is 12.8. The van der Waals surface area contributed by atoms with Crippen molar-refractivity contribution < 1.29 is 9.59 Å². The minimum atomic E-state index is -0.347. The average molecular weight is 444 g/mol. The van der Waals surface area contributed by atoms with Crippen LogP contribution in [0.25, 0.3) is 0 Å². The van der Waals surface area contributed by atoms with E-state index in [1.54, 1.807) is 11.0 Å². The Morgan fingerprint density at radius 1 is 1.17 bits per heavy atom. The molecule has 2 fully saturated rings. The van der Waals surface area contributed by atoms with Crippen LogP contribution in [0.4, 0.5) is 11.4 Å². The molecule has 0 saturated carbocycles. The molecule has 2 aliphatic heterocycles. The smallest absolute Gasteiger partial charge is 0.229 e. The van der Waals surface area contributed by atoms with E-state index in [0.29, 0.717) is 23.8 Å². The molecule has 2 amide bonds. The molecule has 0 radical (unpaired) electrons. The van der Waals surface area contributed by atoms with E-state index in [1.165, 1.54) is 5.56 Å². The van der Waals surface area contributed by atoms with E-state index >= 15 is 0 Å². The van der Waals surface area contributed by atoms with Crippen LogP contribution in [0, 0.1) is 12.8 Å². The average Bonchev–Trinajstić information content (AvgIpc) is 3.11. The molecule has 1 atom stereocenters. The quantitative estimate of drug-likeness (QED) is 0.752. The van der Waals surface area contributed by atoms with Crippen LogP contribution in [0.3, 0.4) is 0 Å². The van der Waals surface area contributed by atoms with E-state index in [4.69, 9.17) is 11.6 Å². The monoisotopic (exact) mass is 443 g/mol. The number of aryl methyl sites for hydroxylation is 1. The van der Waals surface area contributed by atoms with Crippen LogP contribution in [-0.4, -0.2) is 47.9 Å². The summed E-state index contributed by atoms with van der Waals surface area (Å²) in [6.07, 6.45) is 0.245. The standard InChI is InChI=1S/C23H26ClN3O2S/c1-16-2-4-17(5-3-16)14-27-15-18(12-22(27)28)23(29)25-19-6-7-21(20(24)13-19)26-8-10-30-11-9-26/h2-7,13,18H,8-12,14-15H2,1H3,(H,25,29). The number of benzene rings is 2. The highest BCUT2D eigenvalue weighted by Crippen LogP contribution is 2.31. The molecule has 1 N–H and O–H groups in total. The molecule has 2 aromatic carbocycles. The second kappa shape index (κ2) is 9.31. The van der Waals surface area contributed by atoms with Gasteiger partial charge in [0.1, 0.15) is 0 Å². The molecular formula is C23H26ClN3O2S. The molecule has 7 heteroatoms. The number of nitrogens with zero attached hydrogens (tertiary/aromatic N) is 2. The fraction of sp³-hybridized carbons (Fsp3) is 0.391. The van der Waals surface area contributed by atoms with E-state index < -0.39 is 0 Å². The van der Waals surface area contributed by atoms with Crippen LogP contribution in [0.1, 0.15) is 17.5 Å². The van der Waals surface area contributed by atoms with E-state index in [2.05, 4.69) is 10.2 Å². The molecular weight excluding hydrogens is 418 g/mol. The first-order valence-corrected chi connectivity index (χ1v) is 11.8. The number of anilines is 2. The largest absolute Gasteiger partial charge is 0.369 e. The summed E-state index contributed by atoms with van der Waals surface area (Å²) < 4.78 is 0. The maximum Gasteiger partial charge on any atom is 0.229 e. The Balaban J connectivity index is 1.36. The number of rotatable bonds is 5. The van der Waals surface area contributed by atoms with Crippen molar-refractivity contribution in [2.75, 3.05) is 41.4 Å². The number of carbonyl (C=O) groups is 2. The lowest BCUT2D eigenvalue weighted by Crippen LogP contribution is -2.32. The molecule has 5 nitrogen and oxygen atoms in total. The Morgan fingerprint density at radius 3 is 2.60 bits per heavy atom. The first kappa shape index (κ1) is 21.1. The molecule has 4 rings (SSSR count). The van der Waals surface area contributed by atoms with Crippen LogP contribution in [0.2, 0.25) is 5.02 Å². The Hall–Kier alpha value is -2.18. The van der Waals surface area contributed by atoms with Gasteiger partial charge in [-0.05, 0) is 30.7 Å². The number of amides is 2. The van der Waals surface area contributed by atoms with Crippen LogP contribution in [-0.2, 0) is 16.1 Å². The second-order valence-electron chi connectivity index (χ2n) is 7.92. The molecule has 2 saturated heterocycles. The van der Waals surface area contributed by atoms with E-state index in [9.17, 15) is 9.59 Å². The number of hydrogen-bond donors (Lipinski definition) is 1. The van der Waals surface area contributed by atoms with Gasteiger partial charge >= 0.3 is 0 Å². The summed E-state index contributed by atoms with van der Waals surface area (Å²) in [5.41, 5.74) is 3.95. The summed E-state index contributed by atoms with van der Waals surface area (Å²) in [4.78, 5) is 29.2. The Bertz CT molecular complexity index is 929. The summed E-state index contributed by atoms with van der Waals surface area (Å²) in [6, 6.07) is 13.8. The van der Waals surface area contributed by atoms with Crippen molar-refractivity contribution in [2.24, 2.45) is 5.92 Å². The minimum absolute atomic E-state index is 0.0204. The first-order valence-electron chi connectivity index (χ1n) is 10.3. The van der Waals surface area contributed by atoms with Crippen molar-refractivity contribution in [3.63, 3.8) is 0 Å². The Kier molecular flexibility index (Phi) is 6.54. The summed E-state index contributed by atoms with van der Waals surface area (Å²) in [5, 5.41) is 3.58. The van der Waals surface area contributed by atoms with Gasteiger partial charge in [0.15, 0.2) is 0 Å². The van der Waals surface area contributed by atoms with Crippen LogP contribution >= 0.6 is 23.4 Å². The topological polar surface area (TPSA) is 52.7 Å². The van der Waals surface area contributed by atoms with Gasteiger partial charge in [0.05, 0.1) is 16.6 Å². The zero-order valence-electron chi connectivity index (χ0n) is 17.1. The predicted molar refractivity (Wildman–Crippen MR) is 124 cm³/mol. The van der Waals surface area contributed by atoms with Crippen LogP contribution < -0.4 is 10.2 Å². The van der Waals surface area contributed by atoms with E-state index in [0.717, 1.165) is 35.8 Å². The molecule has 30 heavy (non-hydrogen) atoms. The Labute approximate surface area is 186 Å². The number of thioether (sulfide) groups is 1.